The molecule has 0 saturated carbocycles. The average Bonchev–Trinajstić information content (AvgIpc) is 2.28. The number of benzene rings is 1. The van der Waals surface area contributed by atoms with Crippen molar-refractivity contribution in [3.05, 3.63) is 29.0 Å². The lowest BCUT2D eigenvalue weighted by Crippen LogP contribution is -1.97. The van der Waals surface area contributed by atoms with Gasteiger partial charge in [-0.3, -0.25) is 0 Å². The van der Waals surface area contributed by atoms with Crippen molar-refractivity contribution in [3.8, 4) is 11.8 Å². The maximum absolute atomic E-state index is 12.8. The lowest BCUT2D eigenvalue weighted by atomic mass is 10.2. The third-order valence-corrected chi connectivity index (χ3v) is 2.38. The SMILES string of the molecule is N#CCCCCCOc1ccc(F)c(Cl)c1. The molecule has 86 valence electrons. The van der Waals surface area contributed by atoms with Crippen LogP contribution in [0.2, 0.25) is 5.02 Å². The van der Waals surface area contributed by atoms with Gasteiger partial charge in [0.2, 0.25) is 0 Å². The Balaban J connectivity index is 2.22. The summed E-state index contributed by atoms with van der Waals surface area (Å²) in [5.41, 5.74) is 0. The molecule has 1 aromatic carbocycles. The predicted octanol–water partition coefficient (Wildman–Crippen LogP) is 3.94. The molecule has 0 spiro atoms. The third kappa shape index (κ3) is 4.50. The molecule has 0 bridgehead atoms. The van der Waals surface area contributed by atoms with Crippen LogP contribution < -0.4 is 4.74 Å². The first-order valence-electron chi connectivity index (χ1n) is 5.19. The monoisotopic (exact) mass is 241 g/mol. The molecule has 0 atom stereocenters. The summed E-state index contributed by atoms with van der Waals surface area (Å²) in [5, 5.41) is 8.40. The molecular formula is C12H13ClFNO. The smallest absolute Gasteiger partial charge is 0.142 e. The quantitative estimate of drug-likeness (QED) is 0.707. The maximum atomic E-state index is 12.8. The molecule has 0 aliphatic carbocycles. The average molecular weight is 242 g/mol. The third-order valence-electron chi connectivity index (χ3n) is 2.09. The molecule has 0 amide bonds. The van der Waals surface area contributed by atoms with Gasteiger partial charge in [0, 0.05) is 12.5 Å². The van der Waals surface area contributed by atoms with Gasteiger partial charge >= 0.3 is 0 Å². The van der Waals surface area contributed by atoms with Crippen LogP contribution in [0.25, 0.3) is 0 Å². The summed E-state index contributed by atoms with van der Waals surface area (Å²) in [6, 6.07) is 6.39. The zero-order chi connectivity index (χ0) is 11.8. The lowest BCUT2D eigenvalue weighted by molar-refractivity contribution is 0.305. The van der Waals surface area contributed by atoms with Crippen LogP contribution in [0, 0.1) is 17.1 Å². The molecule has 0 fully saturated rings. The second kappa shape index (κ2) is 7.08. The normalized spacial score (nSPS) is 9.81. The number of nitriles is 1. The van der Waals surface area contributed by atoms with Gasteiger partial charge < -0.3 is 4.74 Å². The largest absolute Gasteiger partial charge is 0.494 e. The molecule has 2 nitrogen and oxygen atoms in total. The fourth-order valence-corrected chi connectivity index (χ4v) is 1.41. The van der Waals surface area contributed by atoms with Crippen LogP contribution in [0.5, 0.6) is 5.75 Å². The van der Waals surface area contributed by atoms with Crippen molar-refractivity contribution in [3.63, 3.8) is 0 Å². The molecule has 0 N–H and O–H groups in total. The van der Waals surface area contributed by atoms with Gasteiger partial charge in [-0.1, -0.05) is 11.6 Å². The van der Waals surface area contributed by atoms with E-state index < -0.39 is 5.82 Å². The minimum Gasteiger partial charge on any atom is -0.494 e. The Bertz CT molecular complexity index is 376. The van der Waals surface area contributed by atoms with Crippen LogP contribution >= 0.6 is 11.6 Å². The Morgan fingerprint density at radius 1 is 1.31 bits per heavy atom. The molecule has 0 aliphatic heterocycles. The van der Waals surface area contributed by atoms with Gasteiger partial charge in [0.05, 0.1) is 17.7 Å². The Kier molecular flexibility index (Phi) is 5.66. The van der Waals surface area contributed by atoms with Gasteiger partial charge in [-0.05, 0) is 31.4 Å². The number of nitrogens with zero attached hydrogens (tertiary/aromatic N) is 1. The van der Waals surface area contributed by atoms with E-state index >= 15 is 0 Å². The Labute approximate surface area is 99.6 Å². The Morgan fingerprint density at radius 3 is 2.81 bits per heavy atom. The van der Waals surface area contributed by atoms with E-state index in [1.807, 2.05) is 0 Å². The van der Waals surface area contributed by atoms with Gasteiger partial charge in [-0.15, -0.1) is 0 Å². The first kappa shape index (κ1) is 12.8. The highest BCUT2D eigenvalue weighted by molar-refractivity contribution is 6.30. The minimum atomic E-state index is -0.442. The van der Waals surface area contributed by atoms with Crippen LogP contribution in [0.15, 0.2) is 18.2 Å². The highest BCUT2D eigenvalue weighted by Gasteiger charge is 2.01. The molecule has 4 heteroatoms. The fourth-order valence-electron chi connectivity index (χ4n) is 1.24. The molecule has 16 heavy (non-hydrogen) atoms. The van der Waals surface area contributed by atoms with Crippen molar-refractivity contribution in [1.29, 1.82) is 5.26 Å². The minimum absolute atomic E-state index is 0.0713. The lowest BCUT2D eigenvalue weighted by Gasteiger charge is -2.06. The van der Waals surface area contributed by atoms with Gasteiger partial charge in [0.1, 0.15) is 11.6 Å². The number of rotatable bonds is 6. The second-order valence-electron chi connectivity index (χ2n) is 3.39. The Hall–Kier alpha value is -1.27. The summed E-state index contributed by atoms with van der Waals surface area (Å²) in [7, 11) is 0. The molecule has 0 aromatic heterocycles. The molecule has 1 aromatic rings. The van der Waals surface area contributed by atoms with Crippen molar-refractivity contribution < 1.29 is 9.13 Å². The van der Waals surface area contributed by atoms with Crippen LogP contribution in [-0.4, -0.2) is 6.61 Å². The van der Waals surface area contributed by atoms with E-state index in [0.717, 1.165) is 19.3 Å². The van der Waals surface area contributed by atoms with Gasteiger partial charge in [-0.2, -0.15) is 5.26 Å². The van der Waals surface area contributed by atoms with Crippen LogP contribution in [0.1, 0.15) is 25.7 Å². The van der Waals surface area contributed by atoms with Gasteiger partial charge in [-0.25, -0.2) is 4.39 Å². The zero-order valence-electron chi connectivity index (χ0n) is 8.88. The fraction of sp³-hybridized carbons (Fsp3) is 0.417. The molecule has 0 radical (unpaired) electrons. The molecular weight excluding hydrogens is 229 g/mol. The predicted molar refractivity (Wildman–Crippen MR) is 61.0 cm³/mol. The summed E-state index contributed by atoms with van der Waals surface area (Å²) < 4.78 is 18.2. The summed E-state index contributed by atoms with van der Waals surface area (Å²) in [4.78, 5) is 0. The van der Waals surface area contributed by atoms with Crippen molar-refractivity contribution in [2.45, 2.75) is 25.7 Å². The van der Waals surface area contributed by atoms with Gasteiger partial charge in [0.25, 0.3) is 0 Å². The van der Waals surface area contributed by atoms with E-state index in [0.29, 0.717) is 18.8 Å². The van der Waals surface area contributed by atoms with Crippen LogP contribution in [0.3, 0.4) is 0 Å². The number of halogens is 2. The number of ether oxygens (including phenoxy) is 1. The van der Waals surface area contributed by atoms with Crippen molar-refractivity contribution in [2.24, 2.45) is 0 Å². The second-order valence-corrected chi connectivity index (χ2v) is 3.80. The molecule has 0 unspecified atom stereocenters. The van der Waals surface area contributed by atoms with Crippen molar-refractivity contribution >= 4 is 11.6 Å². The van der Waals surface area contributed by atoms with Crippen LogP contribution in [0.4, 0.5) is 4.39 Å². The Morgan fingerprint density at radius 2 is 2.12 bits per heavy atom. The summed E-state index contributed by atoms with van der Waals surface area (Å²) >= 11 is 5.60. The summed E-state index contributed by atoms with van der Waals surface area (Å²) in [6.07, 6.45) is 3.32. The number of hydrogen-bond donors (Lipinski definition) is 0. The van der Waals surface area contributed by atoms with E-state index in [1.165, 1.54) is 12.1 Å². The topological polar surface area (TPSA) is 33.0 Å². The van der Waals surface area contributed by atoms with Crippen molar-refractivity contribution in [2.75, 3.05) is 6.61 Å². The zero-order valence-corrected chi connectivity index (χ0v) is 9.63. The van der Waals surface area contributed by atoms with E-state index in [4.69, 9.17) is 21.6 Å². The number of unbranched alkanes of at least 4 members (excludes halogenated alkanes) is 3. The molecule has 0 aliphatic rings. The molecule has 0 saturated heterocycles. The number of hydrogen-bond acceptors (Lipinski definition) is 2. The highest BCUT2D eigenvalue weighted by Crippen LogP contribution is 2.21. The standard InChI is InChI=1S/C12H13ClFNO/c13-11-9-10(5-6-12(11)14)16-8-4-2-1-3-7-15/h5-6,9H,1-4,8H2. The van der Waals surface area contributed by atoms with Crippen LogP contribution in [-0.2, 0) is 0 Å². The summed E-state index contributed by atoms with van der Waals surface area (Å²) in [6.45, 7) is 0.563. The summed E-state index contributed by atoms with van der Waals surface area (Å²) in [5.74, 6) is 0.134. The van der Waals surface area contributed by atoms with Gasteiger partial charge in [0.15, 0.2) is 0 Å². The molecule has 0 heterocycles. The van der Waals surface area contributed by atoms with Crippen molar-refractivity contribution in [1.82, 2.24) is 0 Å². The first-order chi connectivity index (χ1) is 7.74. The van der Waals surface area contributed by atoms with E-state index in [9.17, 15) is 4.39 Å². The first-order valence-corrected chi connectivity index (χ1v) is 5.56. The highest BCUT2D eigenvalue weighted by atomic mass is 35.5. The van der Waals surface area contributed by atoms with E-state index in [-0.39, 0.29) is 5.02 Å². The maximum Gasteiger partial charge on any atom is 0.142 e. The van der Waals surface area contributed by atoms with E-state index in [2.05, 4.69) is 6.07 Å². The van der Waals surface area contributed by atoms with E-state index in [1.54, 1.807) is 6.07 Å². The molecule has 1 rings (SSSR count).